The second-order valence-corrected chi connectivity index (χ2v) is 4.13. The average Bonchev–Trinajstić information content (AvgIpc) is 2.39. The third kappa shape index (κ3) is 4.37. The zero-order chi connectivity index (χ0) is 13.4. The molecule has 0 spiro atoms. The van der Waals surface area contributed by atoms with E-state index in [1.54, 1.807) is 7.11 Å². The van der Waals surface area contributed by atoms with Gasteiger partial charge in [0.1, 0.15) is 5.75 Å². The van der Waals surface area contributed by atoms with Gasteiger partial charge in [0.05, 0.1) is 13.2 Å². The van der Waals surface area contributed by atoms with Crippen LogP contribution in [0.5, 0.6) is 5.75 Å². The number of carbonyl (C=O) groups is 1. The molecule has 0 aliphatic carbocycles. The molecule has 4 heteroatoms. The van der Waals surface area contributed by atoms with E-state index >= 15 is 0 Å². The maximum atomic E-state index is 11.7. The van der Waals surface area contributed by atoms with Crippen LogP contribution in [0, 0.1) is 0 Å². The number of methoxy groups -OCH3 is 1. The number of para-hydroxylation sites is 1. The van der Waals surface area contributed by atoms with Crippen LogP contribution in [-0.4, -0.2) is 26.1 Å². The number of hydrogen-bond acceptors (Lipinski definition) is 3. The third-order valence-electron chi connectivity index (χ3n) is 2.76. The molecule has 1 atom stereocenters. The number of carbonyl (C=O) groups excluding carboxylic acids is 1. The minimum absolute atomic E-state index is 0.0460. The number of amides is 1. The zero-order valence-corrected chi connectivity index (χ0v) is 11.3. The molecule has 0 radical (unpaired) electrons. The van der Waals surface area contributed by atoms with Gasteiger partial charge in [0, 0.05) is 18.5 Å². The summed E-state index contributed by atoms with van der Waals surface area (Å²) in [5.74, 6) is 0.853. The first-order valence-corrected chi connectivity index (χ1v) is 6.32. The van der Waals surface area contributed by atoms with E-state index < -0.39 is 0 Å². The molecule has 0 saturated carbocycles. The smallest absolute Gasteiger partial charge is 0.221 e. The summed E-state index contributed by atoms with van der Waals surface area (Å²) in [7, 11) is 1.64. The second kappa shape index (κ2) is 7.71. The van der Waals surface area contributed by atoms with Crippen LogP contribution in [0.25, 0.3) is 0 Å². The Morgan fingerprint density at radius 3 is 2.78 bits per heavy atom. The quantitative estimate of drug-likeness (QED) is 0.726. The van der Waals surface area contributed by atoms with Crippen molar-refractivity contribution >= 4 is 5.91 Å². The van der Waals surface area contributed by atoms with E-state index in [2.05, 4.69) is 10.6 Å². The van der Waals surface area contributed by atoms with Gasteiger partial charge in [-0.1, -0.05) is 25.1 Å². The molecule has 0 aliphatic rings. The van der Waals surface area contributed by atoms with Crippen LogP contribution in [0.3, 0.4) is 0 Å². The van der Waals surface area contributed by atoms with Crippen LogP contribution >= 0.6 is 0 Å². The summed E-state index contributed by atoms with van der Waals surface area (Å²) in [5, 5.41) is 6.10. The summed E-state index contributed by atoms with van der Waals surface area (Å²) < 4.78 is 5.28. The van der Waals surface area contributed by atoms with Gasteiger partial charge in [0.25, 0.3) is 0 Å². The largest absolute Gasteiger partial charge is 0.496 e. The highest BCUT2D eigenvalue weighted by molar-refractivity contribution is 5.76. The van der Waals surface area contributed by atoms with E-state index in [1.807, 2.05) is 38.1 Å². The molecule has 1 amide bonds. The van der Waals surface area contributed by atoms with Gasteiger partial charge in [-0.05, 0) is 19.5 Å². The van der Waals surface area contributed by atoms with E-state index in [1.165, 1.54) is 0 Å². The van der Waals surface area contributed by atoms with Crippen molar-refractivity contribution in [3.8, 4) is 5.75 Å². The van der Waals surface area contributed by atoms with Gasteiger partial charge in [0.2, 0.25) is 5.91 Å². The predicted molar refractivity (Wildman–Crippen MR) is 72.7 cm³/mol. The first-order chi connectivity index (χ1) is 8.69. The molecule has 18 heavy (non-hydrogen) atoms. The van der Waals surface area contributed by atoms with Gasteiger partial charge in [0.15, 0.2) is 0 Å². The molecular formula is C14H22N2O2. The van der Waals surface area contributed by atoms with E-state index in [0.717, 1.165) is 17.9 Å². The molecule has 0 aromatic heterocycles. The molecule has 0 heterocycles. The van der Waals surface area contributed by atoms with E-state index in [0.29, 0.717) is 13.0 Å². The van der Waals surface area contributed by atoms with Crippen LogP contribution < -0.4 is 15.4 Å². The second-order valence-electron chi connectivity index (χ2n) is 4.13. The maximum Gasteiger partial charge on any atom is 0.221 e. The fraction of sp³-hybridized carbons (Fsp3) is 0.500. The van der Waals surface area contributed by atoms with Crippen molar-refractivity contribution in [1.29, 1.82) is 0 Å². The minimum Gasteiger partial charge on any atom is -0.496 e. The lowest BCUT2D eigenvalue weighted by Crippen LogP contribution is -2.30. The van der Waals surface area contributed by atoms with Crippen molar-refractivity contribution in [2.75, 3.05) is 20.2 Å². The number of nitrogens with one attached hydrogen (secondary N) is 2. The van der Waals surface area contributed by atoms with Crippen LogP contribution in [0.15, 0.2) is 24.3 Å². The Labute approximate surface area is 109 Å². The van der Waals surface area contributed by atoms with Crippen LogP contribution in [0.4, 0.5) is 0 Å². The molecule has 0 aliphatic heterocycles. The molecule has 1 rings (SSSR count). The topological polar surface area (TPSA) is 50.4 Å². The first-order valence-electron chi connectivity index (χ1n) is 6.32. The van der Waals surface area contributed by atoms with Gasteiger partial charge < -0.3 is 15.4 Å². The predicted octanol–water partition coefficient (Wildman–Crippen LogP) is 1.87. The lowest BCUT2D eigenvalue weighted by molar-refractivity contribution is -0.121. The normalized spacial score (nSPS) is 11.9. The number of ether oxygens (including phenoxy) is 1. The summed E-state index contributed by atoms with van der Waals surface area (Å²) in [6.45, 7) is 5.58. The number of benzene rings is 1. The molecular weight excluding hydrogens is 228 g/mol. The fourth-order valence-electron chi connectivity index (χ4n) is 1.79. The molecule has 0 saturated heterocycles. The average molecular weight is 250 g/mol. The van der Waals surface area contributed by atoms with E-state index in [4.69, 9.17) is 4.74 Å². The Kier molecular flexibility index (Phi) is 6.22. The number of hydrogen-bond donors (Lipinski definition) is 2. The highest BCUT2D eigenvalue weighted by Crippen LogP contribution is 2.24. The molecule has 0 fully saturated rings. The Hall–Kier alpha value is -1.55. The third-order valence-corrected chi connectivity index (χ3v) is 2.76. The summed E-state index contributed by atoms with van der Waals surface area (Å²) >= 11 is 0. The zero-order valence-electron chi connectivity index (χ0n) is 11.3. The summed E-state index contributed by atoms with van der Waals surface area (Å²) in [6, 6.07) is 7.68. The Morgan fingerprint density at radius 1 is 1.39 bits per heavy atom. The highest BCUT2D eigenvalue weighted by atomic mass is 16.5. The molecule has 0 bridgehead atoms. The molecule has 2 N–H and O–H groups in total. The van der Waals surface area contributed by atoms with Gasteiger partial charge in [-0.2, -0.15) is 0 Å². The van der Waals surface area contributed by atoms with E-state index in [-0.39, 0.29) is 11.9 Å². The fourth-order valence-corrected chi connectivity index (χ4v) is 1.79. The first kappa shape index (κ1) is 14.5. The highest BCUT2D eigenvalue weighted by Gasteiger charge is 2.12. The monoisotopic (exact) mass is 250 g/mol. The van der Waals surface area contributed by atoms with E-state index in [9.17, 15) is 4.79 Å². The van der Waals surface area contributed by atoms with Gasteiger partial charge in [-0.3, -0.25) is 4.79 Å². The lowest BCUT2D eigenvalue weighted by atomic mass is 10.1. The standard InChI is InChI=1S/C14H22N2O2/c1-4-15-10-9-14(17)16-11(2)12-7-5-6-8-13(12)18-3/h5-8,11,15H,4,9-10H2,1-3H3,(H,16,17). The molecule has 100 valence electrons. The summed E-state index contributed by atoms with van der Waals surface area (Å²) in [5.41, 5.74) is 0.997. The van der Waals surface area contributed by atoms with Gasteiger partial charge in [-0.25, -0.2) is 0 Å². The van der Waals surface area contributed by atoms with Crippen LogP contribution in [-0.2, 0) is 4.79 Å². The lowest BCUT2D eigenvalue weighted by Gasteiger charge is -2.17. The van der Waals surface area contributed by atoms with Crippen molar-refractivity contribution < 1.29 is 9.53 Å². The van der Waals surface area contributed by atoms with Crippen molar-refractivity contribution in [3.05, 3.63) is 29.8 Å². The molecule has 1 aromatic rings. The van der Waals surface area contributed by atoms with Gasteiger partial charge >= 0.3 is 0 Å². The minimum atomic E-state index is -0.0460. The van der Waals surface area contributed by atoms with Crippen molar-refractivity contribution in [3.63, 3.8) is 0 Å². The Bertz CT molecular complexity index is 380. The van der Waals surface area contributed by atoms with Crippen molar-refractivity contribution in [2.45, 2.75) is 26.3 Å². The maximum absolute atomic E-state index is 11.7. The molecule has 1 aromatic carbocycles. The van der Waals surface area contributed by atoms with Crippen LogP contribution in [0.1, 0.15) is 31.9 Å². The summed E-state index contributed by atoms with van der Waals surface area (Å²) in [6.07, 6.45) is 0.493. The molecule has 4 nitrogen and oxygen atoms in total. The van der Waals surface area contributed by atoms with Crippen molar-refractivity contribution in [2.24, 2.45) is 0 Å². The SMILES string of the molecule is CCNCCC(=O)NC(C)c1ccccc1OC. The van der Waals surface area contributed by atoms with Crippen LogP contribution in [0.2, 0.25) is 0 Å². The Balaban J connectivity index is 2.53. The Morgan fingerprint density at radius 2 is 2.11 bits per heavy atom. The number of rotatable bonds is 7. The summed E-state index contributed by atoms with van der Waals surface area (Å²) in [4.78, 5) is 11.7. The molecule has 1 unspecified atom stereocenters. The van der Waals surface area contributed by atoms with Crippen molar-refractivity contribution in [1.82, 2.24) is 10.6 Å². The van der Waals surface area contributed by atoms with Gasteiger partial charge in [-0.15, -0.1) is 0 Å².